The summed E-state index contributed by atoms with van der Waals surface area (Å²) in [6, 6.07) is 5.60. The number of dihydropyridines is 1. The molecule has 0 spiro atoms. The van der Waals surface area contributed by atoms with Crippen molar-refractivity contribution in [3.05, 3.63) is 46.3 Å². The van der Waals surface area contributed by atoms with Gasteiger partial charge in [-0.05, 0) is 51.5 Å². The molecule has 3 aliphatic rings. The largest absolute Gasteiger partial charge is 0.493 e. The van der Waals surface area contributed by atoms with E-state index in [4.69, 9.17) is 14.2 Å². The van der Waals surface area contributed by atoms with E-state index in [2.05, 4.69) is 5.32 Å². The Morgan fingerprint density at radius 1 is 1.00 bits per heavy atom. The Bertz CT molecular complexity index is 953. The number of benzene rings is 1. The van der Waals surface area contributed by atoms with E-state index in [1.165, 1.54) is 12.8 Å². The van der Waals surface area contributed by atoms with Crippen molar-refractivity contribution < 1.29 is 23.8 Å². The zero-order valence-corrected chi connectivity index (χ0v) is 19.3. The number of methoxy groups -OCH3 is 2. The van der Waals surface area contributed by atoms with Crippen LogP contribution in [0.4, 0.5) is 0 Å². The van der Waals surface area contributed by atoms with Crippen LogP contribution in [-0.2, 0) is 14.3 Å². The highest BCUT2D eigenvalue weighted by Gasteiger charge is 2.41. The Morgan fingerprint density at radius 2 is 1.75 bits per heavy atom. The third-order valence-corrected chi connectivity index (χ3v) is 6.82. The van der Waals surface area contributed by atoms with E-state index < -0.39 is 5.92 Å². The fourth-order valence-corrected chi connectivity index (χ4v) is 5.28. The zero-order valence-electron chi connectivity index (χ0n) is 19.3. The van der Waals surface area contributed by atoms with Gasteiger partial charge < -0.3 is 19.5 Å². The second-order valence-electron chi connectivity index (χ2n) is 8.87. The van der Waals surface area contributed by atoms with Gasteiger partial charge in [-0.1, -0.05) is 25.0 Å². The first-order valence-electron chi connectivity index (χ1n) is 11.7. The van der Waals surface area contributed by atoms with Crippen LogP contribution in [0.3, 0.4) is 0 Å². The molecule has 1 unspecified atom stereocenters. The molecule has 2 aliphatic carbocycles. The Hall–Kier alpha value is -2.76. The summed E-state index contributed by atoms with van der Waals surface area (Å²) in [5.41, 5.74) is 3.55. The fourth-order valence-electron chi connectivity index (χ4n) is 5.28. The molecular weight excluding hydrogens is 406 g/mol. The van der Waals surface area contributed by atoms with Crippen molar-refractivity contribution in [2.75, 3.05) is 14.2 Å². The minimum atomic E-state index is -0.539. The molecule has 1 N–H and O–H groups in total. The average molecular weight is 440 g/mol. The van der Waals surface area contributed by atoms with E-state index in [0.717, 1.165) is 55.5 Å². The number of para-hydroxylation sites is 1. The Kier molecular flexibility index (Phi) is 6.87. The van der Waals surface area contributed by atoms with Gasteiger partial charge in [0, 0.05) is 29.0 Å². The molecule has 0 bridgehead atoms. The van der Waals surface area contributed by atoms with Gasteiger partial charge in [0.1, 0.15) is 6.10 Å². The van der Waals surface area contributed by atoms with Crippen LogP contribution in [0.15, 0.2) is 40.7 Å². The first-order chi connectivity index (χ1) is 15.5. The minimum absolute atomic E-state index is 0.0703. The topological polar surface area (TPSA) is 73.9 Å². The number of nitrogens with one attached hydrogen (secondary N) is 1. The number of hydrogen-bond donors (Lipinski definition) is 1. The maximum Gasteiger partial charge on any atom is 0.337 e. The zero-order chi connectivity index (χ0) is 22.7. The summed E-state index contributed by atoms with van der Waals surface area (Å²) in [6.45, 7) is 1.90. The lowest BCUT2D eigenvalue weighted by molar-refractivity contribution is -0.145. The molecule has 4 rings (SSSR count). The smallest absolute Gasteiger partial charge is 0.337 e. The average Bonchev–Trinajstić information content (AvgIpc) is 3.06. The molecule has 1 heterocycles. The monoisotopic (exact) mass is 439 g/mol. The summed E-state index contributed by atoms with van der Waals surface area (Å²) < 4.78 is 17.3. The van der Waals surface area contributed by atoms with Gasteiger partial charge in [-0.2, -0.15) is 0 Å². The number of carbonyl (C=O) groups excluding carboxylic acids is 2. The van der Waals surface area contributed by atoms with Crippen molar-refractivity contribution in [3.8, 4) is 11.5 Å². The molecule has 32 heavy (non-hydrogen) atoms. The van der Waals surface area contributed by atoms with Gasteiger partial charge in [-0.25, -0.2) is 4.79 Å². The van der Waals surface area contributed by atoms with Gasteiger partial charge in [0.05, 0.1) is 25.7 Å². The second kappa shape index (κ2) is 9.80. The first-order valence-corrected chi connectivity index (χ1v) is 11.7. The molecule has 0 radical (unpaired) electrons. The number of allylic oxidation sites excluding steroid dienone is 3. The van der Waals surface area contributed by atoms with E-state index in [0.29, 0.717) is 29.1 Å². The number of hydrogen-bond acceptors (Lipinski definition) is 6. The highest BCUT2D eigenvalue weighted by molar-refractivity contribution is 6.04. The number of carbonyl (C=O) groups is 2. The van der Waals surface area contributed by atoms with E-state index in [-0.39, 0.29) is 17.9 Å². The first kappa shape index (κ1) is 22.4. The fraction of sp³-hybridized carbons (Fsp3) is 0.538. The van der Waals surface area contributed by atoms with Gasteiger partial charge >= 0.3 is 5.97 Å². The van der Waals surface area contributed by atoms with Crippen molar-refractivity contribution in [2.45, 2.75) is 76.7 Å². The number of ether oxygens (including phenoxy) is 3. The molecule has 1 atom stereocenters. The van der Waals surface area contributed by atoms with Gasteiger partial charge in [-0.15, -0.1) is 0 Å². The van der Waals surface area contributed by atoms with E-state index in [9.17, 15) is 9.59 Å². The number of ketones is 1. The maximum atomic E-state index is 13.6. The Balaban J connectivity index is 1.79. The molecule has 1 aromatic rings. The lowest BCUT2D eigenvalue weighted by atomic mass is 9.75. The van der Waals surface area contributed by atoms with Crippen molar-refractivity contribution in [1.29, 1.82) is 0 Å². The molecular formula is C26H33NO5. The summed E-state index contributed by atoms with van der Waals surface area (Å²) >= 11 is 0. The number of rotatable bonds is 5. The van der Waals surface area contributed by atoms with Crippen molar-refractivity contribution in [2.24, 2.45) is 0 Å². The maximum absolute atomic E-state index is 13.6. The molecule has 0 amide bonds. The summed E-state index contributed by atoms with van der Waals surface area (Å²) in [7, 11) is 3.17. The minimum Gasteiger partial charge on any atom is -0.493 e. The van der Waals surface area contributed by atoms with E-state index in [1.54, 1.807) is 14.2 Å². The predicted octanol–water partition coefficient (Wildman–Crippen LogP) is 4.94. The summed E-state index contributed by atoms with van der Waals surface area (Å²) in [4.78, 5) is 26.7. The molecule has 0 saturated heterocycles. The van der Waals surface area contributed by atoms with E-state index in [1.807, 2.05) is 25.1 Å². The predicted molar refractivity (Wildman–Crippen MR) is 122 cm³/mol. The highest BCUT2D eigenvalue weighted by atomic mass is 16.5. The molecule has 0 aromatic heterocycles. The van der Waals surface area contributed by atoms with Crippen LogP contribution in [0.1, 0.15) is 76.2 Å². The highest BCUT2D eigenvalue weighted by Crippen LogP contribution is 2.47. The van der Waals surface area contributed by atoms with Crippen LogP contribution in [0.25, 0.3) is 0 Å². The van der Waals surface area contributed by atoms with Crippen LogP contribution in [0.2, 0.25) is 0 Å². The second-order valence-corrected chi connectivity index (χ2v) is 8.87. The van der Waals surface area contributed by atoms with Gasteiger partial charge in [-0.3, -0.25) is 4.79 Å². The van der Waals surface area contributed by atoms with Gasteiger partial charge in [0.25, 0.3) is 0 Å². The van der Waals surface area contributed by atoms with Crippen molar-refractivity contribution in [1.82, 2.24) is 5.32 Å². The van der Waals surface area contributed by atoms with Crippen molar-refractivity contribution in [3.63, 3.8) is 0 Å². The molecule has 1 aromatic carbocycles. The summed E-state index contributed by atoms with van der Waals surface area (Å²) in [5, 5.41) is 3.36. The summed E-state index contributed by atoms with van der Waals surface area (Å²) in [5.74, 6) is 0.299. The van der Waals surface area contributed by atoms with Gasteiger partial charge in [0.2, 0.25) is 0 Å². The van der Waals surface area contributed by atoms with E-state index >= 15 is 0 Å². The normalized spacial score (nSPS) is 22.1. The number of esters is 1. The molecule has 6 heteroatoms. The molecule has 1 saturated carbocycles. The van der Waals surface area contributed by atoms with Crippen LogP contribution < -0.4 is 14.8 Å². The quantitative estimate of drug-likeness (QED) is 0.518. The van der Waals surface area contributed by atoms with Crippen LogP contribution >= 0.6 is 0 Å². The third kappa shape index (κ3) is 4.27. The molecule has 1 fully saturated rings. The lowest BCUT2D eigenvalue weighted by Gasteiger charge is -2.35. The van der Waals surface area contributed by atoms with Crippen LogP contribution in [-0.4, -0.2) is 32.1 Å². The molecule has 6 nitrogen and oxygen atoms in total. The number of Topliss-reactive ketones (excluding diaryl/α,β-unsaturated/α-hetero) is 1. The summed E-state index contributed by atoms with van der Waals surface area (Å²) in [6.07, 6.45) is 8.32. The third-order valence-electron chi connectivity index (χ3n) is 6.82. The lowest BCUT2D eigenvalue weighted by Crippen LogP contribution is -2.35. The van der Waals surface area contributed by atoms with Gasteiger partial charge in [0.15, 0.2) is 17.3 Å². The van der Waals surface area contributed by atoms with Crippen LogP contribution in [0.5, 0.6) is 11.5 Å². The molecule has 172 valence electrons. The van der Waals surface area contributed by atoms with Crippen molar-refractivity contribution >= 4 is 11.8 Å². The Labute approximate surface area is 190 Å². The van der Waals surface area contributed by atoms with Crippen LogP contribution in [0, 0.1) is 0 Å². The standard InChI is InChI=1S/C26H33NO5/c1-16-22(26(29)32-17-10-6-4-5-7-11-17)23(24-19(27-16)13-9-14-20(24)28)18-12-8-15-21(30-2)25(18)31-3/h8,12,15,17,23,27H,4-7,9-11,13-14H2,1-3H3. The molecule has 1 aliphatic heterocycles. The SMILES string of the molecule is COc1cccc(C2C(C(=O)OC3CCCCCC3)=C(C)NC3=C2C(=O)CCC3)c1OC. The Morgan fingerprint density at radius 3 is 2.44 bits per heavy atom.